The molecule has 0 saturated heterocycles. The molecule has 6 heterocycles. The molecule has 0 radical (unpaired) electrons. The number of para-hydroxylation sites is 10. The molecule has 2 aliphatic heterocycles. The van der Waals surface area contributed by atoms with Crippen molar-refractivity contribution in [3.05, 3.63) is 327 Å². The van der Waals surface area contributed by atoms with Gasteiger partial charge in [0.15, 0.2) is 0 Å². The van der Waals surface area contributed by atoms with Crippen LogP contribution in [0.25, 0.3) is 132 Å². The molecule has 0 aliphatic carbocycles. The number of benzene rings is 15. The summed E-state index contributed by atoms with van der Waals surface area (Å²) in [4.78, 5) is 7.71. The molecule has 0 amide bonds. The molecule has 0 bridgehead atoms. The Morgan fingerprint density at radius 1 is 0.274 bits per heavy atom. The lowest BCUT2D eigenvalue weighted by Crippen LogP contribution is -2.61. The normalized spacial score (nSPS) is 12.9. The van der Waals surface area contributed by atoms with E-state index in [0.717, 1.165) is 194 Å². The summed E-state index contributed by atoms with van der Waals surface area (Å²) < 4.78 is 27.7. The topological polar surface area (TPSA) is 62.3 Å². The van der Waals surface area contributed by atoms with Crippen molar-refractivity contribution in [2.75, 3.05) is 14.7 Å². The highest BCUT2D eigenvalue weighted by atomic mass is 16.3. The van der Waals surface area contributed by atoms with Crippen LogP contribution in [0.2, 0.25) is 0 Å². The maximum absolute atomic E-state index is 6.95. The van der Waals surface area contributed by atoms with Crippen molar-refractivity contribution in [1.29, 1.82) is 0 Å². The molecular weight excluding hydrogens is 1290 g/mol. The summed E-state index contributed by atoms with van der Waals surface area (Å²) in [5.41, 5.74) is 29.9. The third kappa shape index (κ3) is 9.46. The van der Waals surface area contributed by atoms with Crippen LogP contribution in [0.4, 0.5) is 51.2 Å². The van der Waals surface area contributed by atoms with Gasteiger partial charge in [-0.25, -0.2) is 0 Å². The lowest BCUT2D eigenvalue weighted by atomic mass is 9.33. The Hall–Kier alpha value is -13.0. The summed E-state index contributed by atoms with van der Waals surface area (Å²) in [6.07, 6.45) is 0. The van der Waals surface area contributed by atoms with Gasteiger partial charge >= 0.3 is 0 Å². The lowest BCUT2D eigenvalue weighted by molar-refractivity contribution is 0.587. The number of anilines is 9. The van der Waals surface area contributed by atoms with Gasteiger partial charge in [-0.2, -0.15) is 0 Å². The maximum atomic E-state index is 6.95. The van der Waals surface area contributed by atoms with E-state index in [1.54, 1.807) is 0 Å². The molecular formula is C98H70BN3O4. The lowest BCUT2D eigenvalue weighted by Gasteiger charge is -2.45. The Kier molecular flexibility index (Phi) is 13.5. The molecule has 0 N–H and O–H groups in total. The van der Waals surface area contributed by atoms with Gasteiger partial charge in [-0.05, 0) is 146 Å². The first-order valence-electron chi connectivity index (χ1n) is 36.7. The summed E-state index contributed by atoms with van der Waals surface area (Å²) in [5.74, 6) is 0. The van der Waals surface area contributed by atoms with Crippen LogP contribution in [0, 0.1) is 0 Å². The highest BCUT2D eigenvalue weighted by Crippen LogP contribution is 2.54. The number of furan rings is 4. The van der Waals surface area contributed by atoms with Gasteiger partial charge in [0.05, 0.1) is 5.69 Å². The van der Waals surface area contributed by atoms with Crippen molar-refractivity contribution >= 4 is 162 Å². The van der Waals surface area contributed by atoms with Gasteiger partial charge in [-0.3, -0.25) is 0 Å². The van der Waals surface area contributed by atoms with Crippen molar-refractivity contribution in [3.8, 4) is 44.5 Å². The number of fused-ring (bicyclic) bond motifs is 16. The van der Waals surface area contributed by atoms with Gasteiger partial charge in [-0.1, -0.05) is 272 Å². The van der Waals surface area contributed by atoms with Crippen LogP contribution in [-0.4, -0.2) is 6.71 Å². The highest BCUT2D eigenvalue weighted by molar-refractivity contribution is 7.00. The third-order valence-corrected chi connectivity index (χ3v) is 22.3. The van der Waals surface area contributed by atoms with Gasteiger partial charge in [-0.15, -0.1) is 0 Å². The predicted octanol–water partition coefficient (Wildman–Crippen LogP) is 26.1. The summed E-state index contributed by atoms with van der Waals surface area (Å²) in [6, 6.07) is 115. The average Bonchev–Trinajstić information content (AvgIpc) is 0.868. The quantitative estimate of drug-likeness (QED) is 0.133. The molecule has 7 nitrogen and oxygen atoms in total. The SMILES string of the molecule is CC(C)(C)c1ccccc1N(c1cc2c3c(c1)N(c1cccc(-c4cccc5c4oc4ccccc45)c1)c1cc(-c4cccc5c4oc4ccccc45)ccc1B3c1ccc(-c3cccc4c3oc3ccccc34)cc1N2c1cccc(-c2cccc3c2oc2ccccc23)c1)c1ccccc1C(C)(C)C. The Morgan fingerprint density at radius 2 is 0.585 bits per heavy atom. The van der Waals surface area contributed by atoms with Crippen LogP contribution >= 0.6 is 0 Å². The second-order valence-corrected chi connectivity index (χ2v) is 30.6. The van der Waals surface area contributed by atoms with Crippen molar-refractivity contribution < 1.29 is 17.7 Å². The van der Waals surface area contributed by atoms with E-state index in [2.05, 4.69) is 372 Å². The Bertz CT molecular complexity index is 6460. The second kappa shape index (κ2) is 23.2. The fourth-order valence-corrected chi connectivity index (χ4v) is 17.5. The smallest absolute Gasteiger partial charge is 0.252 e. The number of nitrogens with zero attached hydrogens (tertiary/aromatic N) is 3. The van der Waals surface area contributed by atoms with Gasteiger partial charge < -0.3 is 32.4 Å². The van der Waals surface area contributed by atoms with E-state index in [4.69, 9.17) is 17.7 Å². The van der Waals surface area contributed by atoms with Gasteiger partial charge in [0.1, 0.15) is 44.7 Å². The largest absolute Gasteiger partial charge is 0.455 e. The minimum Gasteiger partial charge on any atom is -0.455 e. The third-order valence-electron chi connectivity index (χ3n) is 22.3. The average molecular weight is 1360 g/mol. The standard InChI is InChI=1S/C98H70BN3O4/c1-97(2,3)78-41-11-13-43-82(78)102(83-44-14-12-42-79(83)98(4,5)6)65-57-86-92-87(58-65)101(64-28-20-26-60(54-64)67-34-22-38-75-71-30-8-16-46-89(71)104-94(67)75)85-56-62(69-36-24-40-77-73-32-10-18-48-91(73)106-96(69)77)50-52-81(85)99(92)80-51-49-61(68-35-23-39-76-72-31-9-17-47-90(72)105-95(68)76)55-84(80)100(86)63-27-19-25-59(53-63)66-33-21-37-74-70-29-7-15-45-88(70)103-93(66)74/h7-58H,1-6H3. The van der Waals surface area contributed by atoms with Gasteiger partial charge in [0.2, 0.25) is 0 Å². The molecule has 8 heteroatoms. The first kappa shape index (κ1) is 61.6. The van der Waals surface area contributed by atoms with Gasteiger partial charge in [0.25, 0.3) is 6.71 Å². The van der Waals surface area contributed by atoms with Crippen LogP contribution in [0.5, 0.6) is 0 Å². The van der Waals surface area contributed by atoms with Crippen molar-refractivity contribution in [3.63, 3.8) is 0 Å². The van der Waals surface area contributed by atoms with Crippen LogP contribution < -0.4 is 31.1 Å². The van der Waals surface area contributed by atoms with E-state index >= 15 is 0 Å². The molecule has 106 heavy (non-hydrogen) atoms. The zero-order valence-corrected chi connectivity index (χ0v) is 59.6. The van der Waals surface area contributed by atoms with E-state index in [9.17, 15) is 0 Å². The first-order valence-corrected chi connectivity index (χ1v) is 36.7. The zero-order valence-electron chi connectivity index (χ0n) is 59.6. The summed E-state index contributed by atoms with van der Waals surface area (Å²) in [6.45, 7) is 13.7. The van der Waals surface area contributed by atoms with Crippen LogP contribution in [0.1, 0.15) is 52.7 Å². The van der Waals surface area contributed by atoms with Gasteiger partial charge in [0, 0.05) is 111 Å². The van der Waals surface area contributed by atoms with Crippen molar-refractivity contribution in [2.24, 2.45) is 0 Å². The molecule has 19 aromatic rings. The van der Waals surface area contributed by atoms with Crippen molar-refractivity contribution in [1.82, 2.24) is 0 Å². The van der Waals surface area contributed by atoms with E-state index in [0.29, 0.717) is 0 Å². The minimum absolute atomic E-state index is 0.264. The fraction of sp³-hybridized carbons (Fsp3) is 0.0816. The van der Waals surface area contributed by atoms with E-state index in [1.807, 2.05) is 0 Å². The van der Waals surface area contributed by atoms with Crippen LogP contribution in [0.3, 0.4) is 0 Å². The second-order valence-electron chi connectivity index (χ2n) is 30.6. The maximum Gasteiger partial charge on any atom is 0.252 e. The summed E-state index contributed by atoms with van der Waals surface area (Å²) in [5, 5.41) is 8.68. The molecule has 4 aromatic heterocycles. The summed E-state index contributed by atoms with van der Waals surface area (Å²) >= 11 is 0. The van der Waals surface area contributed by atoms with Crippen molar-refractivity contribution in [2.45, 2.75) is 52.4 Å². The van der Waals surface area contributed by atoms with E-state index < -0.39 is 0 Å². The van der Waals surface area contributed by atoms with E-state index in [-0.39, 0.29) is 17.5 Å². The molecule has 504 valence electrons. The number of hydrogen-bond donors (Lipinski definition) is 0. The highest BCUT2D eigenvalue weighted by Gasteiger charge is 2.45. The minimum atomic E-state index is -0.291. The Labute approximate surface area is 614 Å². The molecule has 0 saturated carbocycles. The monoisotopic (exact) mass is 1360 g/mol. The first-order chi connectivity index (χ1) is 51.8. The molecule has 0 spiro atoms. The Morgan fingerprint density at radius 3 is 0.943 bits per heavy atom. The molecule has 0 unspecified atom stereocenters. The van der Waals surface area contributed by atoms with Crippen LogP contribution in [-0.2, 0) is 10.8 Å². The fourth-order valence-electron chi connectivity index (χ4n) is 17.5. The Balaban J connectivity index is 0.897. The summed E-state index contributed by atoms with van der Waals surface area (Å²) in [7, 11) is 0. The molecule has 15 aromatic carbocycles. The molecule has 0 fully saturated rings. The molecule has 0 atom stereocenters. The number of rotatable bonds is 9. The molecule has 21 rings (SSSR count). The van der Waals surface area contributed by atoms with Crippen LogP contribution in [0.15, 0.2) is 333 Å². The zero-order chi connectivity index (χ0) is 70.8. The number of hydrogen-bond acceptors (Lipinski definition) is 7. The molecule has 2 aliphatic rings. The predicted molar refractivity (Wildman–Crippen MR) is 443 cm³/mol. The van der Waals surface area contributed by atoms with E-state index in [1.165, 1.54) is 16.6 Å².